The Labute approximate surface area is 112 Å². The molecule has 1 aliphatic heterocycles. The van der Waals surface area contributed by atoms with Gasteiger partial charge in [0, 0.05) is 13.2 Å². The molecular weight excluding hydrogens is 240 g/mol. The summed E-state index contributed by atoms with van der Waals surface area (Å²) in [5.74, 6) is -0.134. The van der Waals surface area contributed by atoms with Gasteiger partial charge in [0.05, 0.1) is 5.56 Å². The van der Waals surface area contributed by atoms with E-state index in [-0.39, 0.29) is 0 Å². The van der Waals surface area contributed by atoms with Gasteiger partial charge < -0.3 is 9.84 Å². The van der Waals surface area contributed by atoms with Crippen molar-refractivity contribution in [3.05, 3.63) is 41.0 Å². The second-order valence-electron chi connectivity index (χ2n) is 5.37. The van der Waals surface area contributed by atoms with Crippen LogP contribution in [0.2, 0.25) is 0 Å². The number of allylic oxidation sites excluding steroid dienone is 2. The predicted octanol–water partition coefficient (Wildman–Crippen LogP) is 3.14. The molecule has 1 aromatic carbocycles. The molecule has 3 nitrogen and oxygen atoms in total. The van der Waals surface area contributed by atoms with E-state index in [1.165, 1.54) is 11.1 Å². The van der Waals surface area contributed by atoms with Crippen LogP contribution < -0.4 is 0 Å². The molecule has 1 heterocycles. The summed E-state index contributed by atoms with van der Waals surface area (Å²) < 4.78 is 5.39. The van der Waals surface area contributed by atoms with E-state index in [9.17, 15) is 4.79 Å². The molecule has 100 valence electrons. The summed E-state index contributed by atoms with van der Waals surface area (Å²) in [6, 6.07) is 5.49. The molecule has 1 aliphatic carbocycles. The summed E-state index contributed by atoms with van der Waals surface area (Å²) in [7, 11) is 0. The molecule has 0 saturated carbocycles. The van der Waals surface area contributed by atoms with Gasteiger partial charge in [0.25, 0.3) is 0 Å². The highest BCUT2D eigenvalue weighted by Gasteiger charge is 2.21. The summed E-state index contributed by atoms with van der Waals surface area (Å²) in [4.78, 5) is 11.0. The standard InChI is InChI=1S/C16H18O3/c17-16(18)14-3-4-15-12(1-2-13(15)10-14)9-11-5-7-19-8-6-11/h1,3-4,10-11H,2,5-9H2,(H,17,18). The van der Waals surface area contributed by atoms with Crippen LogP contribution in [0.4, 0.5) is 0 Å². The van der Waals surface area contributed by atoms with Crippen molar-refractivity contribution < 1.29 is 14.6 Å². The van der Waals surface area contributed by atoms with Crippen molar-refractivity contribution in [1.29, 1.82) is 0 Å². The van der Waals surface area contributed by atoms with Crippen LogP contribution in [0, 0.1) is 5.92 Å². The Morgan fingerprint density at radius 1 is 1.32 bits per heavy atom. The molecule has 1 fully saturated rings. The number of carboxylic acids is 1. The maximum absolute atomic E-state index is 11.0. The van der Waals surface area contributed by atoms with Crippen molar-refractivity contribution in [1.82, 2.24) is 0 Å². The second kappa shape index (κ2) is 5.17. The van der Waals surface area contributed by atoms with E-state index >= 15 is 0 Å². The Morgan fingerprint density at radius 2 is 2.11 bits per heavy atom. The SMILES string of the molecule is O=C(O)c1ccc2c(c1)CC=C2CC1CCOCC1. The minimum Gasteiger partial charge on any atom is -0.478 e. The quantitative estimate of drug-likeness (QED) is 0.906. The van der Waals surface area contributed by atoms with Crippen LogP contribution in [0.25, 0.3) is 5.57 Å². The van der Waals surface area contributed by atoms with Crippen molar-refractivity contribution in [2.45, 2.75) is 25.7 Å². The second-order valence-corrected chi connectivity index (χ2v) is 5.37. The van der Waals surface area contributed by atoms with E-state index in [2.05, 4.69) is 6.08 Å². The van der Waals surface area contributed by atoms with Crippen LogP contribution in [0.1, 0.15) is 40.7 Å². The van der Waals surface area contributed by atoms with Crippen molar-refractivity contribution in [2.75, 3.05) is 13.2 Å². The number of aromatic carboxylic acids is 1. The highest BCUT2D eigenvalue weighted by Crippen LogP contribution is 2.35. The monoisotopic (exact) mass is 258 g/mol. The van der Waals surface area contributed by atoms with Crippen LogP contribution in [0.3, 0.4) is 0 Å². The molecule has 1 aromatic rings. The molecule has 0 radical (unpaired) electrons. The van der Waals surface area contributed by atoms with Crippen molar-refractivity contribution >= 4 is 11.5 Å². The van der Waals surface area contributed by atoms with Crippen molar-refractivity contribution in [3.8, 4) is 0 Å². The zero-order valence-corrected chi connectivity index (χ0v) is 10.9. The number of hydrogen-bond donors (Lipinski definition) is 1. The highest BCUT2D eigenvalue weighted by atomic mass is 16.5. The van der Waals surface area contributed by atoms with Gasteiger partial charge in [-0.25, -0.2) is 4.79 Å². The van der Waals surface area contributed by atoms with Crippen LogP contribution >= 0.6 is 0 Å². The average molecular weight is 258 g/mol. The number of fused-ring (bicyclic) bond motifs is 1. The zero-order valence-electron chi connectivity index (χ0n) is 10.9. The van der Waals surface area contributed by atoms with E-state index in [1.54, 1.807) is 6.07 Å². The first kappa shape index (κ1) is 12.4. The summed E-state index contributed by atoms with van der Waals surface area (Å²) >= 11 is 0. The Kier molecular flexibility index (Phi) is 3.38. The Balaban J connectivity index is 1.75. The van der Waals surface area contributed by atoms with Gasteiger partial charge in [0.15, 0.2) is 0 Å². The third-order valence-electron chi connectivity index (χ3n) is 4.12. The van der Waals surface area contributed by atoms with Crippen LogP contribution in [0.5, 0.6) is 0 Å². The zero-order chi connectivity index (χ0) is 13.2. The van der Waals surface area contributed by atoms with Crippen LogP contribution in [0.15, 0.2) is 24.3 Å². The third kappa shape index (κ3) is 2.56. The van der Waals surface area contributed by atoms with Crippen LogP contribution in [-0.2, 0) is 11.2 Å². The molecule has 0 unspecified atom stereocenters. The lowest BCUT2D eigenvalue weighted by molar-refractivity contribution is 0.0678. The van der Waals surface area contributed by atoms with Gasteiger partial charge in [-0.3, -0.25) is 0 Å². The minimum absolute atomic E-state index is 0.388. The minimum atomic E-state index is -0.847. The number of ether oxygens (including phenoxy) is 1. The fourth-order valence-electron chi connectivity index (χ4n) is 3.01. The van der Waals surface area contributed by atoms with E-state index in [0.717, 1.165) is 44.5 Å². The molecule has 0 atom stereocenters. The molecule has 0 aromatic heterocycles. The van der Waals surface area contributed by atoms with E-state index < -0.39 is 5.97 Å². The lowest BCUT2D eigenvalue weighted by atomic mass is 9.90. The van der Waals surface area contributed by atoms with Gasteiger partial charge in [0.2, 0.25) is 0 Å². The third-order valence-corrected chi connectivity index (χ3v) is 4.12. The molecule has 2 aliphatic rings. The molecule has 0 spiro atoms. The van der Waals surface area contributed by atoms with Crippen molar-refractivity contribution in [3.63, 3.8) is 0 Å². The lowest BCUT2D eigenvalue weighted by Gasteiger charge is -2.22. The largest absolute Gasteiger partial charge is 0.478 e. The molecule has 1 saturated heterocycles. The van der Waals surface area contributed by atoms with Gasteiger partial charge in [-0.2, -0.15) is 0 Å². The smallest absolute Gasteiger partial charge is 0.335 e. The van der Waals surface area contributed by atoms with E-state index in [4.69, 9.17) is 9.84 Å². The first-order valence-electron chi connectivity index (χ1n) is 6.87. The maximum atomic E-state index is 11.0. The number of benzene rings is 1. The summed E-state index contributed by atoms with van der Waals surface area (Å²) in [5, 5.41) is 9.01. The fourth-order valence-corrected chi connectivity index (χ4v) is 3.01. The summed E-state index contributed by atoms with van der Waals surface area (Å²) in [5.41, 5.74) is 4.18. The van der Waals surface area contributed by atoms with Crippen LogP contribution in [-0.4, -0.2) is 24.3 Å². The average Bonchev–Trinajstić information content (AvgIpc) is 2.82. The van der Waals surface area contributed by atoms with Gasteiger partial charge in [-0.1, -0.05) is 12.1 Å². The van der Waals surface area contributed by atoms with Gasteiger partial charge in [0.1, 0.15) is 0 Å². The summed E-state index contributed by atoms with van der Waals surface area (Å²) in [6.07, 6.45) is 6.50. The molecule has 1 N–H and O–H groups in total. The lowest BCUT2D eigenvalue weighted by Crippen LogP contribution is -2.15. The first-order chi connectivity index (χ1) is 9.24. The number of carboxylic acid groups (broad SMARTS) is 1. The molecule has 3 heteroatoms. The maximum Gasteiger partial charge on any atom is 0.335 e. The summed E-state index contributed by atoms with van der Waals surface area (Å²) in [6.45, 7) is 1.76. The molecule has 3 rings (SSSR count). The molecule has 0 bridgehead atoms. The predicted molar refractivity (Wildman–Crippen MR) is 73.2 cm³/mol. The number of carbonyl (C=O) groups is 1. The topological polar surface area (TPSA) is 46.5 Å². The Morgan fingerprint density at radius 3 is 2.84 bits per heavy atom. The van der Waals surface area contributed by atoms with Gasteiger partial charge in [-0.05, 0) is 60.4 Å². The van der Waals surface area contributed by atoms with Gasteiger partial charge in [-0.15, -0.1) is 0 Å². The normalized spacial score (nSPS) is 19.1. The van der Waals surface area contributed by atoms with E-state index in [0.29, 0.717) is 11.5 Å². The van der Waals surface area contributed by atoms with Gasteiger partial charge >= 0.3 is 5.97 Å². The molecule has 19 heavy (non-hydrogen) atoms. The number of rotatable bonds is 3. The van der Waals surface area contributed by atoms with Crippen molar-refractivity contribution in [2.24, 2.45) is 5.92 Å². The Bertz CT molecular complexity index is 525. The molecular formula is C16H18O3. The highest BCUT2D eigenvalue weighted by molar-refractivity contribution is 5.89. The Hall–Kier alpha value is -1.61. The molecule has 0 amide bonds. The fraction of sp³-hybridized carbons (Fsp3) is 0.438. The number of hydrogen-bond acceptors (Lipinski definition) is 2. The first-order valence-corrected chi connectivity index (χ1v) is 6.87. The van der Waals surface area contributed by atoms with E-state index in [1.807, 2.05) is 12.1 Å².